The first kappa shape index (κ1) is 18.8. The highest BCUT2D eigenvalue weighted by Gasteiger charge is 2.31. The first-order valence-electron chi connectivity index (χ1n) is 9.21. The molecule has 0 aromatic heterocycles. The number of anilines is 1. The van der Waals surface area contributed by atoms with Crippen molar-refractivity contribution in [1.29, 1.82) is 0 Å². The summed E-state index contributed by atoms with van der Waals surface area (Å²) in [7, 11) is 0. The number of carbonyl (C=O) groups excluding carboxylic acids is 2. The Bertz CT molecular complexity index is 1140. The highest BCUT2D eigenvalue weighted by Crippen LogP contribution is 2.23. The number of hydrogen-bond acceptors (Lipinski definition) is 3. The zero-order valence-electron chi connectivity index (χ0n) is 15.7. The van der Waals surface area contributed by atoms with Gasteiger partial charge in [0.1, 0.15) is 17.3 Å². The summed E-state index contributed by atoms with van der Waals surface area (Å²) in [5.74, 6) is -2.42. The SMILES string of the molecule is Cc1c(F)cc(NC2=CC(=O)N(CCc3cccc4ccccc34)C2=O)cc1F. The smallest absolute Gasteiger partial charge is 0.277 e. The van der Waals surface area contributed by atoms with Gasteiger partial charge in [0, 0.05) is 23.9 Å². The van der Waals surface area contributed by atoms with Crippen LogP contribution in [0.5, 0.6) is 0 Å². The van der Waals surface area contributed by atoms with Crippen molar-refractivity contribution in [2.75, 3.05) is 11.9 Å². The normalized spacial score (nSPS) is 13.9. The topological polar surface area (TPSA) is 49.4 Å². The lowest BCUT2D eigenvalue weighted by atomic mass is 10.0. The number of nitrogens with one attached hydrogen (secondary N) is 1. The van der Waals surface area contributed by atoms with Crippen molar-refractivity contribution in [1.82, 2.24) is 4.90 Å². The maximum absolute atomic E-state index is 13.7. The van der Waals surface area contributed by atoms with Crippen LogP contribution in [0.3, 0.4) is 0 Å². The number of carbonyl (C=O) groups is 2. The fourth-order valence-corrected chi connectivity index (χ4v) is 3.43. The quantitative estimate of drug-likeness (QED) is 0.658. The Morgan fingerprint density at radius 3 is 2.41 bits per heavy atom. The highest BCUT2D eigenvalue weighted by atomic mass is 19.1. The molecule has 6 heteroatoms. The van der Waals surface area contributed by atoms with Gasteiger partial charge in [0.25, 0.3) is 11.8 Å². The van der Waals surface area contributed by atoms with Crippen molar-refractivity contribution < 1.29 is 18.4 Å². The number of imide groups is 1. The Kier molecular flexibility index (Phi) is 4.84. The summed E-state index contributed by atoms with van der Waals surface area (Å²) in [5.41, 5.74) is 1.01. The van der Waals surface area contributed by atoms with Crippen LogP contribution < -0.4 is 5.32 Å². The van der Waals surface area contributed by atoms with Crippen LogP contribution in [0.1, 0.15) is 11.1 Å². The molecule has 1 N–H and O–H groups in total. The molecule has 4 rings (SSSR count). The summed E-state index contributed by atoms with van der Waals surface area (Å²) < 4.78 is 27.5. The van der Waals surface area contributed by atoms with Crippen molar-refractivity contribution in [2.24, 2.45) is 0 Å². The fraction of sp³-hybridized carbons (Fsp3) is 0.130. The molecule has 29 heavy (non-hydrogen) atoms. The minimum Gasteiger partial charge on any atom is -0.351 e. The van der Waals surface area contributed by atoms with Crippen LogP contribution >= 0.6 is 0 Å². The van der Waals surface area contributed by atoms with E-state index in [1.54, 1.807) is 0 Å². The average Bonchev–Trinajstić information content (AvgIpc) is 2.97. The molecule has 0 unspecified atom stereocenters. The summed E-state index contributed by atoms with van der Waals surface area (Å²) in [4.78, 5) is 26.1. The van der Waals surface area contributed by atoms with E-state index in [2.05, 4.69) is 5.32 Å². The molecule has 0 saturated heterocycles. The Hall–Kier alpha value is -3.54. The second-order valence-corrected chi connectivity index (χ2v) is 6.93. The molecule has 1 aliphatic rings. The van der Waals surface area contributed by atoms with E-state index in [0.29, 0.717) is 6.42 Å². The molecule has 0 fully saturated rings. The number of hydrogen-bond donors (Lipinski definition) is 1. The minimum absolute atomic E-state index is 0.00410. The van der Waals surface area contributed by atoms with Crippen molar-refractivity contribution in [3.8, 4) is 0 Å². The maximum atomic E-state index is 13.7. The van der Waals surface area contributed by atoms with Gasteiger partial charge in [-0.1, -0.05) is 42.5 Å². The van der Waals surface area contributed by atoms with Crippen LogP contribution in [0.2, 0.25) is 0 Å². The second kappa shape index (κ2) is 7.47. The molecule has 1 heterocycles. The summed E-state index contributed by atoms with van der Waals surface area (Å²) in [6.07, 6.45) is 1.66. The van der Waals surface area contributed by atoms with Gasteiger partial charge in [0.2, 0.25) is 0 Å². The Balaban J connectivity index is 1.48. The van der Waals surface area contributed by atoms with Gasteiger partial charge in [-0.2, -0.15) is 0 Å². The summed E-state index contributed by atoms with van der Waals surface area (Å²) in [6, 6.07) is 16.0. The molecule has 0 bridgehead atoms. The zero-order chi connectivity index (χ0) is 20.5. The average molecular weight is 392 g/mol. The molecule has 0 atom stereocenters. The van der Waals surface area contributed by atoms with Crippen LogP contribution in [0.25, 0.3) is 10.8 Å². The summed E-state index contributed by atoms with van der Waals surface area (Å²) >= 11 is 0. The van der Waals surface area contributed by atoms with Gasteiger partial charge >= 0.3 is 0 Å². The van der Waals surface area contributed by atoms with Gasteiger partial charge in [-0.05, 0) is 41.8 Å². The molecule has 0 radical (unpaired) electrons. The van der Waals surface area contributed by atoms with Crippen LogP contribution in [0.4, 0.5) is 14.5 Å². The number of fused-ring (bicyclic) bond motifs is 1. The molecule has 0 aliphatic carbocycles. The molecular formula is C23H18F2N2O2. The van der Waals surface area contributed by atoms with E-state index >= 15 is 0 Å². The molecular weight excluding hydrogens is 374 g/mol. The van der Waals surface area contributed by atoms with E-state index < -0.39 is 23.4 Å². The maximum Gasteiger partial charge on any atom is 0.277 e. The van der Waals surface area contributed by atoms with Crippen molar-refractivity contribution in [2.45, 2.75) is 13.3 Å². The first-order chi connectivity index (χ1) is 13.9. The van der Waals surface area contributed by atoms with Gasteiger partial charge < -0.3 is 5.32 Å². The van der Waals surface area contributed by atoms with Crippen LogP contribution in [-0.2, 0) is 16.0 Å². The third-order valence-electron chi connectivity index (χ3n) is 5.05. The van der Waals surface area contributed by atoms with Crippen molar-refractivity contribution in [3.05, 3.63) is 89.1 Å². The lowest BCUT2D eigenvalue weighted by Crippen LogP contribution is -2.34. The van der Waals surface area contributed by atoms with E-state index in [-0.39, 0.29) is 23.5 Å². The van der Waals surface area contributed by atoms with Crippen LogP contribution in [0, 0.1) is 18.6 Å². The third kappa shape index (κ3) is 3.61. The van der Waals surface area contributed by atoms with Gasteiger partial charge in [-0.3, -0.25) is 14.5 Å². The molecule has 1 aliphatic heterocycles. The van der Waals surface area contributed by atoms with E-state index in [9.17, 15) is 18.4 Å². The van der Waals surface area contributed by atoms with Crippen LogP contribution in [0.15, 0.2) is 66.4 Å². The van der Waals surface area contributed by atoms with Gasteiger partial charge in [0.15, 0.2) is 0 Å². The minimum atomic E-state index is -0.724. The lowest BCUT2D eigenvalue weighted by molar-refractivity contribution is -0.137. The van der Waals surface area contributed by atoms with E-state index in [1.807, 2.05) is 42.5 Å². The predicted octanol–water partition coefficient (Wildman–Crippen LogP) is 4.33. The second-order valence-electron chi connectivity index (χ2n) is 6.93. The molecule has 0 spiro atoms. The molecule has 3 aromatic rings. The molecule has 146 valence electrons. The number of nitrogens with zero attached hydrogens (tertiary/aromatic N) is 1. The third-order valence-corrected chi connectivity index (χ3v) is 5.05. The van der Waals surface area contributed by atoms with Crippen LogP contribution in [-0.4, -0.2) is 23.3 Å². The number of benzene rings is 3. The monoisotopic (exact) mass is 392 g/mol. The zero-order valence-corrected chi connectivity index (χ0v) is 15.7. The first-order valence-corrected chi connectivity index (χ1v) is 9.21. The predicted molar refractivity (Wildman–Crippen MR) is 107 cm³/mol. The lowest BCUT2D eigenvalue weighted by Gasteiger charge is -2.16. The Labute approximate surface area is 166 Å². The van der Waals surface area contributed by atoms with Gasteiger partial charge in [-0.25, -0.2) is 8.78 Å². The molecule has 3 aromatic carbocycles. The molecule has 4 nitrogen and oxygen atoms in total. The van der Waals surface area contributed by atoms with Crippen molar-refractivity contribution >= 4 is 28.3 Å². The van der Waals surface area contributed by atoms with E-state index in [0.717, 1.165) is 39.4 Å². The molecule has 0 saturated carbocycles. The highest BCUT2D eigenvalue weighted by molar-refractivity contribution is 6.17. The number of amides is 2. The van der Waals surface area contributed by atoms with Crippen molar-refractivity contribution in [3.63, 3.8) is 0 Å². The number of rotatable bonds is 5. The molecule has 2 amide bonds. The standard InChI is InChI=1S/C23H18F2N2O2/c1-14-19(24)11-17(12-20(14)25)26-21-13-22(28)27(23(21)29)10-9-16-7-4-6-15-5-2-3-8-18(15)16/h2-8,11-13,26H,9-10H2,1H3. The van der Waals surface area contributed by atoms with Gasteiger partial charge in [-0.15, -0.1) is 0 Å². The fourth-order valence-electron chi connectivity index (χ4n) is 3.43. The number of halogens is 2. The largest absolute Gasteiger partial charge is 0.351 e. The summed E-state index contributed by atoms with van der Waals surface area (Å²) in [6.45, 7) is 1.54. The Morgan fingerprint density at radius 2 is 1.66 bits per heavy atom. The van der Waals surface area contributed by atoms with E-state index in [1.165, 1.54) is 6.92 Å². The van der Waals surface area contributed by atoms with Gasteiger partial charge in [0.05, 0.1) is 0 Å². The van der Waals surface area contributed by atoms with E-state index in [4.69, 9.17) is 0 Å². The Morgan fingerprint density at radius 1 is 0.966 bits per heavy atom. The summed E-state index contributed by atoms with van der Waals surface area (Å²) in [5, 5.41) is 4.82.